The maximum atomic E-state index is 12.0. The molecule has 0 aliphatic carbocycles. The third-order valence-electron chi connectivity index (χ3n) is 2.79. The van der Waals surface area contributed by atoms with Gasteiger partial charge < -0.3 is 15.7 Å². The lowest BCUT2D eigenvalue weighted by molar-refractivity contribution is -0.138. The first-order chi connectivity index (χ1) is 9.54. The van der Waals surface area contributed by atoms with E-state index in [4.69, 9.17) is 10.8 Å². The molecule has 0 aromatic heterocycles. The Kier molecular flexibility index (Phi) is 7.11. The average molecular weight is 296 g/mol. The molecular weight excluding hydrogens is 276 g/mol. The van der Waals surface area contributed by atoms with E-state index >= 15 is 0 Å². The minimum absolute atomic E-state index is 0.000980. The Hall–Kier alpha value is -1.53. The molecule has 5 nitrogen and oxygen atoms in total. The molecule has 1 amide bonds. The number of rotatable bonds is 8. The molecule has 0 spiro atoms. The number of nitrogens with two attached hydrogens (primary N) is 1. The third-order valence-corrected chi connectivity index (χ3v) is 3.84. The highest BCUT2D eigenvalue weighted by molar-refractivity contribution is 8.00. The van der Waals surface area contributed by atoms with Gasteiger partial charge in [0.25, 0.3) is 0 Å². The minimum atomic E-state index is -1.04. The fourth-order valence-electron chi connectivity index (χ4n) is 1.62. The van der Waals surface area contributed by atoms with Crippen molar-refractivity contribution >= 4 is 23.6 Å². The van der Waals surface area contributed by atoms with Crippen molar-refractivity contribution in [2.75, 3.05) is 18.1 Å². The van der Waals surface area contributed by atoms with E-state index in [0.717, 1.165) is 5.56 Å². The smallest absolute Gasteiger partial charge is 0.321 e. The summed E-state index contributed by atoms with van der Waals surface area (Å²) in [6.07, 6.45) is 0. The first-order valence-corrected chi connectivity index (χ1v) is 7.58. The Morgan fingerprint density at radius 2 is 2.00 bits per heavy atom. The first kappa shape index (κ1) is 16.5. The van der Waals surface area contributed by atoms with Crippen molar-refractivity contribution < 1.29 is 14.7 Å². The van der Waals surface area contributed by atoms with Gasteiger partial charge in [-0.1, -0.05) is 30.3 Å². The first-order valence-electron chi connectivity index (χ1n) is 6.42. The third kappa shape index (κ3) is 5.63. The summed E-state index contributed by atoms with van der Waals surface area (Å²) in [7, 11) is 0. The highest BCUT2D eigenvalue weighted by Crippen LogP contribution is 2.08. The molecule has 0 aliphatic rings. The van der Waals surface area contributed by atoms with Gasteiger partial charge in [-0.2, -0.15) is 0 Å². The molecule has 0 unspecified atom stereocenters. The molecule has 1 aromatic rings. The molecule has 0 saturated carbocycles. The number of thioether (sulfide) groups is 1. The molecule has 3 N–H and O–H groups in total. The molecule has 110 valence electrons. The van der Waals surface area contributed by atoms with Gasteiger partial charge in [0.1, 0.15) is 6.04 Å². The second kappa shape index (κ2) is 8.60. The molecule has 1 rings (SSSR count). The second-order valence-corrected chi connectivity index (χ2v) is 5.38. The van der Waals surface area contributed by atoms with Crippen LogP contribution in [0.25, 0.3) is 0 Å². The summed E-state index contributed by atoms with van der Waals surface area (Å²) in [5.74, 6) is -0.549. The number of carboxylic acid groups (broad SMARTS) is 1. The lowest BCUT2D eigenvalue weighted by Gasteiger charge is -2.21. The quantitative estimate of drug-likeness (QED) is 0.752. The van der Waals surface area contributed by atoms with Gasteiger partial charge in [-0.25, -0.2) is 0 Å². The Morgan fingerprint density at radius 1 is 1.35 bits per heavy atom. The van der Waals surface area contributed by atoms with Crippen molar-refractivity contribution in [2.45, 2.75) is 19.5 Å². The largest absolute Gasteiger partial charge is 0.480 e. The van der Waals surface area contributed by atoms with Crippen LogP contribution in [0.2, 0.25) is 0 Å². The minimum Gasteiger partial charge on any atom is -0.480 e. The van der Waals surface area contributed by atoms with E-state index < -0.39 is 12.0 Å². The average Bonchev–Trinajstić information content (AvgIpc) is 2.45. The number of carbonyl (C=O) groups excluding carboxylic acids is 1. The molecule has 0 fully saturated rings. The van der Waals surface area contributed by atoms with Crippen LogP contribution in [0.5, 0.6) is 0 Å². The summed E-state index contributed by atoms with van der Waals surface area (Å²) in [5, 5.41) is 8.66. The zero-order chi connectivity index (χ0) is 15.0. The fraction of sp³-hybridized carbons (Fsp3) is 0.429. The van der Waals surface area contributed by atoms with E-state index in [0.29, 0.717) is 13.1 Å². The Morgan fingerprint density at radius 3 is 2.55 bits per heavy atom. The van der Waals surface area contributed by atoms with E-state index in [1.54, 1.807) is 4.90 Å². The van der Waals surface area contributed by atoms with Crippen molar-refractivity contribution in [3.05, 3.63) is 35.9 Å². The van der Waals surface area contributed by atoms with E-state index in [-0.39, 0.29) is 17.4 Å². The second-order valence-electron chi connectivity index (χ2n) is 4.35. The zero-order valence-electron chi connectivity index (χ0n) is 11.5. The van der Waals surface area contributed by atoms with Gasteiger partial charge in [0.15, 0.2) is 0 Å². The van der Waals surface area contributed by atoms with Crippen LogP contribution in [0.4, 0.5) is 0 Å². The van der Waals surface area contributed by atoms with Crippen molar-refractivity contribution in [1.29, 1.82) is 0 Å². The molecule has 20 heavy (non-hydrogen) atoms. The molecule has 1 aromatic carbocycles. The summed E-state index contributed by atoms with van der Waals surface area (Å²) in [6, 6.07) is 8.84. The number of amides is 1. The summed E-state index contributed by atoms with van der Waals surface area (Å²) in [6.45, 7) is 3.12. The van der Waals surface area contributed by atoms with Crippen LogP contribution in [0.3, 0.4) is 0 Å². The molecule has 0 heterocycles. The fourth-order valence-corrected chi connectivity index (χ4v) is 2.49. The van der Waals surface area contributed by atoms with Gasteiger partial charge >= 0.3 is 5.97 Å². The number of benzene rings is 1. The monoisotopic (exact) mass is 296 g/mol. The number of hydrogen-bond acceptors (Lipinski definition) is 4. The van der Waals surface area contributed by atoms with Gasteiger partial charge in [-0.15, -0.1) is 11.8 Å². The summed E-state index contributed by atoms with van der Waals surface area (Å²) >= 11 is 1.26. The Bertz CT molecular complexity index is 439. The highest BCUT2D eigenvalue weighted by Gasteiger charge is 2.15. The number of carboxylic acids is 1. The van der Waals surface area contributed by atoms with Gasteiger partial charge in [0.2, 0.25) is 5.91 Å². The van der Waals surface area contributed by atoms with Crippen LogP contribution >= 0.6 is 11.8 Å². The van der Waals surface area contributed by atoms with E-state index in [1.807, 2.05) is 37.3 Å². The van der Waals surface area contributed by atoms with Crippen molar-refractivity contribution in [1.82, 2.24) is 4.90 Å². The Balaban J connectivity index is 2.41. The maximum absolute atomic E-state index is 12.0. The number of nitrogens with zero attached hydrogens (tertiary/aromatic N) is 1. The standard InChI is InChI=1S/C14H20N2O3S/c1-2-16(8-11-6-4-3-5-7-11)13(17)10-20-9-12(15)14(18)19/h3-7,12H,2,8-10,15H2,1H3,(H,18,19)/t12-/m1/s1. The van der Waals surface area contributed by atoms with Gasteiger partial charge in [0, 0.05) is 18.8 Å². The van der Waals surface area contributed by atoms with Crippen LogP contribution in [-0.4, -0.2) is 46.0 Å². The van der Waals surface area contributed by atoms with Crippen LogP contribution in [0.1, 0.15) is 12.5 Å². The topological polar surface area (TPSA) is 83.6 Å². The molecule has 0 bridgehead atoms. The van der Waals surface area contributed by atoms with E-state index in [9.17, 15) is 9.59 Å². The SMILES string of the molecule is CCN(Cc1ccccc1)C(=O)CSC[C@@H](N)C(=O)O. The molecule has 1 atom stereocenters. The summed E-state index contributed by atoms with van der Waals surface area (Å²) < 4.78 is 0. The predicted molar refractivity (Wildman–Crippen MR) is 80.5 cm³/mol. The lowest BCUT2D eigenvalue weighted by Crippen LogP contribution is -2.35. The van der Waals surface area contributed by atoms with Gasteiger partial charge in [0.05, 0.1) is 5.75 Å². The van der Waals surface area contributed by atoms with Crippen molar-refractivity contribution in [3.8, 4) is 0 Å². The number of hydrogen-bond donors (Lipinski definition) is 2. The summed E-state index contributed by atoms with van der Waals surface area (Å²) in [5.41, 5.74) is 6.47. The molecule has 0 radical (unpaired) electrons. The van der Waals surface area contributed by atoms with Crippen molar-refractivity contribution in [3.63, 3.8) is 0 Å². The van der Waals surface area contributed by atoms with Crippen LogP contribution in [-0.2, 0) is 16.1 Å². The van der Waals surface area contributed by atoms with Crippen molar-refractivity contribution in [2.24, 2.45) is 5.73 Å². The predicted octanol–water partition coefficient (Wildman–Crippen LogP) is 1.18. The maximum Gasteiger partial charge on any atom is 0.321 e. The Labute approximate surface area is 123 Å². The molecule has 0 aliphatic heterocycles. The lowest BCUT2D eigenvalue weighted by atomic mass is 10.2. The van der Waals surface area contributed by atoms with E-state index in [2.05, 4.69) is 0 Å². The van der Waals surface area contributed by atoms with Crippen LogP contribution in [0.15, 0.2) is 30.3 Å². The van der Waals surface area contributed by atoms with Crippen LogP contribution < -0.4 is 5.73 Å². The zero-order valence-corrected chi connectivity index (χ0v) is 12.3. The normalized spacial score (nSPS) is 11.9. The highest BCUT2D eigenvalue weighted by atomic mass is 32.2. The van der Waals surface area contributed by atoms with Crippen LogP contribution in [0, 0.1) is 0 Å². The number of aliphatic carboxylic acids is 1. The summed E-state index contributed by atoms with van der Waals surface area (Å²) in [4.78, 5) is 24.4. The molecule has 0 saturated heterocycles. The molecule has 6 heteroatoms. The molecular formula is C14H20N2O3S. The number of carbonyl (C=O) groups is 2. The van der Waals surface area contributed by atoms with Gasteiger partial charge in [-0.05, 0) is 12.5 Å². The van der Waals surface area contributed by atoms with E-state index in [1.165, 1.54) is 11.8 Å². The van der Waals surface area contributed by atoms with Gasteiger partial charge in [-0.3, -0.25) is 9.59 Å².